The highest BCUT2D eigenvalue weighted by Gasteiger charge is 2.45. The molecule has 0 amide bonds. The molecule has 1 saturated carbocycles. The van der Waals surface area contributed by atoms with Gasteiger partial charge >= 0.3 is 0 Å². The Hall–Kier alpha value is 0.230. The van der Waals surface area contributed by atoms with E-state index in [-0.39, 0.29) is 0 Å². The van der Waals surface area contributed by atoms with Crippen LogP contribution >= 0.6 is 11.8 Å². The molecule has 0 aromatic carbocycles. The van der Waals surface area contributed by atoms with Crippen molar-refractivity contribution in [2.45, 2.75) is 37.0 Å². The lowest BCUT2D eigenvalue weighted by Crippen LogP contribution is -2.62. The zero-order valence-corrected chi connectivity index (χ0v) is 12.4. The molecule has 3 fully saturated rings. The summed E-state index contributed by atoms with van der Waals surface area (Å²) in [5.41, 5.74) is 6.45. The van der Waals surface area contributed by atoms with Gasteiger partial charge in [-0.25, -0.2) is 0 Å². The van der Waals surface area contributed by atoms with Crippen LogP contribution in [0.1, 0.15) is 26.2 Å². The van der Waals surface area contributed by atoms with E-state index in [1.54, 1.807) is 0 Å². The molecule has 3 aliphatic rings. The lowest BCUT2D eigenvalue weighted by Gasteiger charge is -2.47. The zero-order chi connectivity index (χ0) is 12.6. The standard InChI is InChI=1S/C14H27N3S/c1-12-14(11-15,4-9-18-12)17-7-5-16(6-8-17)10-13-2-3-13/h12-13H,2-11,15H2,1H3. The Morgan fingerprint density at radius 3 is 2.44 bits per heavy atom. The first-order valence-electron chi connectivity index (χ1n) is 7.54. The smallest absolute Gasteiger partial charge is 0.0456 e. The van der Waals surface area contributed by atoms with Crippen LogP contribution in [0, 0.1) is 5.92 Å². The third-order valence-electron chi connectivity index (χ3n) is 5.23. The molecule has 104 valence electrons. The summed E-state index contributed by atoms with van der Waals surface area (Å²) < 4.78 is 0. The molecule has 18 heavy (non-hydrogen) atoms. The predicted octanol–water partition coefficient (Wildman–Crippen LogP) is 1.24. The van der Waals surface area contributed by atoms with Gasteiger partial charge in [0.1, 0.15) is 0 Å². The van der Waals surface area contributed by atoms with Gasteiger partial charge in [0.25, 0.3) is 0 Å². The molecule has 0 spiro atoms. The highest BCUT2D eigenvalue weighted by molar-refractivity contribution is 8.00. The molecule has 0 bridgehead atoms. The number of nitrogens with two attached hydrogens (primary N) is 1. The van der Waals surface area contributed by atoms with Crippen molar-refractivity contribution in [2.75, 3.05) is 45.0 Å². The summed E-state index contributed by atoms with van der Waals surface area (Å²) in [6.07, 6.45) is 4.24. The fourth-order valence-electron chi connectivity index (χ4n) is 3.62. The molecule has 1 aliphatic carbocycles. The van der Waals surface area contributed by atoms with E-state index in [1.165, 1.54) is 57.7 Å². The lowest BCUT2D eigenvalue weighted by atomic mass is 9.89. The zero-order valence-electron chi connectivity index (χ0n) is 11.6. The van der Waals surface area contributed by atoms with E-state index in [4.69, 9.17) is 5.73 Å². The fraction of sp³-hybridized carbons (Fsp3) is 1.00. The largest absolute Gasteiger partial charge is 0.329 e. The number of piperazine rings is 1. The SMILES string of the molecule is CC1SCCC1(CN)N1CCN(CC2CC2)CC1. The first-order valence-corrected chi connectivity index (χ1v) is 8.58. The number of thioether (sulfide) groups is 1. The van der Waals surface area contributed by atoms with Gasteiger partial charge in [-0.15, -0.1) is 0 Å². The average Bonchev–Trinajstić information content (AvgIpc) is 3.12. The molecule has 2 unspecified atom stereocenters. The van der Waals surface area contributed by atoms with Crippen LogP contribution in [-0.2, 0) is 0 Å². The monoisotopic (exact) mass is 269 g/mol. The maximum absolute atomic E-state index is 6.15. The number of rotatable bonds is 4. The summed E-state index contributed by atoms with van der Waals surface area (Å²) >= 11 is 2.11. The topological polar surface area (TPSA) is 32.5 Å². The van der Waals surface area contributed by atoms with Gasteiger partial charge in [-0.3, -0.25) is 4.90 Å². The van der Waals surface area contributed by atoms with Gasteiger partial charge in [0.05, 0.1) is 0 Å². The maximum atomic E-state index is 6.15. The summed E-state index contributed by atoms with van der Waals surface area (Å²) in [6, 6.07) is 0. The Morgan fingerprint density at radius 1 is 1.22 bits per heavy atom. The first-order chi connectivity index (χ1) is 8.74. The van der Waals surface area contributed by atoms with Gasteiger partial charge in [0.15, 0.2) is 0 Å². The number of hydrogen-bond donors (Lipinski definition) is 1. The van der Waals surface area contributed by atoms with E-state index >= 15 is 0 Å². The molecule has 3 rings (SSSR count). The van der Waals surface area contributed by atoms with E-state index in [0.717, 1.165) is 12.5 Å². The summed E-state index contributed by atoms with van der Waals surface area (Å²) in [6.45, 7) is 9.55. The van der Waals surface area contributed by atoms with Crippen molar-refractivity contribution in [1.82, 2.24) is 9.80 Å². The molecule has 0 aromatic heterocycles. The minimum atomic E-state index is 0.302. The van der Waals surface area contributed by atoms with Crippen molar-refractivity contribution >= 4 is 11.8 Å². The third kappa shape index (κ3) is 2.45. The number of hydrogen-bond acceptors (Lipinski definition) is 4. The van der Waals surface area contributed by atoms with Crippen LogP contribution in [0.5, 0.6) is 0 Å². The van der Waals surface area contributed by atoms with Crippen molar-refractivity contribution < 1.29 is 0 Å². The van der Waals surface area contributed by atoms with Gasteiger partial charge in [-0.1, -0.05) is 6.92 Å². The Balaban J connectivity index is 1.57. The van der Waals surface area contributed by atoms with Crippen LogP contribution in [0.25, 0.3) is 0 Å². The van der Waals surface area contributed by atoms with Gasteiger partial charge < -0.3 is 10.6 Å². The Kier molecular flexibility index (Phi) is 3.90. The van der Waals surface area contributed by atoms with Gasteiger partial charge in [-0.2, -0.15) is 11.8 Å². The summed E-state index contributed by atoms with van der Waals surface area (Å²) in [4.78, 5) is 5.38. The van der Waals surface area contributed by atoms with Crippen LogP contribution in [0.15, 0.2) is 0 Å². The minimum absolute atomic E-state index is 0.302. The molecule has 2 saturated heterocycles. The second-order valence-electron chi connectivity index (χ2n) is 6.30. The molecule has 0 radical (unpaired) electrons. The third-order valence-corrected chi connectivity index (χ3v) is 6.61. The van der Waals surface area contributed by atoms with Crippen LogP contribution in [-0.4, -0.2) is 65.6 Å². The molecule has 2 N–H and O–H groups in total. The van der Waals surface area contributed by atoms with Crippen molar-refractivity contribution in [3.05, 3.63) is 0 Å². The molecule has 0 aromatic rings. The Bertz CT molecular complexity index is 287. The quantitative estimate of drug-likeness (QED) is 0.832. The molecular weight excluding hydrogens is 242 g/mol. The second-order valence-corrected chi connectivity index (χ2v) is 7.75. The molecule has 4 heteroatoms. The normalized spacial score (nSPS) is 39.3. The van der Waals surface area contributed by atoms with Gasteiger partial charge in [-0.05, 0) is 30.9 Å². The van der Waals surface area contributed by atoms with Crippen molar-refractivity contribution in [1.29, 1.82) is 0 Å². The second kappa shape index (κ2) is 5.31. The first kappa shape index (κ1) is 13.2. The van der Waals surface area contributed by atoms with E-state index < -0.39 is 0 Å². The van der Waals surface area contributed by atoms with Crippen molar-refractivity contribution in [3.63, 3.8) is 0 Å². The van der Waals surface area contributed by atoms with Crippen LogP contribution < -0.4 is 5.73 Å². The molecule has 3 nitrogen and oxygen atoms in total. The van der Waals surface area contributed by atoms with E-state index in [9.17, 15) is 0 Å². The van der Waals surface area contributed by atoms with Crippen molar-refractivity contribution in [3.8, 4) is 0 Å². The average molecular weight is 269 g/mol. The summed E-state index contributed by atoms with van der Waals surface area (Å²) in [5, 5.41) is 0.706. The maximum Gasteiger partial charge on any atom is 0.0456 e. The van der Waals surface area contributed by atoms with Gasteiger partial charge in [0, 0.05) is 50.1 Å². The lowest BCUT2D eigenvalue weighted by molar-refractivity contribution is 0.0372. The summed E-state index contributed by atoms with van der Waals surface area (Å²) in [5.74, 6) is 2.32. The van der Waals surface area contributed by atoms with Crippen LogP contribution in [0.4, 0.5) is 0 Å². The highest BCUT2D eigenvalue weighted by Crippen LogP contribution is 2.40. The number of nitrogens with zero attached hydrogens (tertiary/aromatic N) is 2. The minimum Gasteiger partial charge on any atom is -0.329 e. The van der Waals surface area contributed by atoms with E-state index in [1.807, 2.05) is 0 Å². The molecular formula is C14H27N3S. The Morgan fingerprint density at radius 2 is 1.94 bits per heavy atom. The van der Waals surface area contributed by atoms with E-state index in [0.29, 0.717) is 10.8 Å². The molecule has 2 atom stereocenters. The van der Waals surface area contributed by atoms with E-state index in [2.05, 4.69) is 28.5 Å². The van der Waals surface area contributed by atoms with Gasteiger partial charge in [0.2, 0.25) is 0 Å². The van der Waals surface area contributed by atoms with Crippen LogP contribution in [0.2, 0.25) is 0 Å². The van der Waals surface area contributed by atoms with Crippen molar-refractivity contribution in [2.24, 2.45) is 11.7 Å². The molecule has 2 aliphatic heterocycles. The molecule has 2 heterocycles. The Labute approximate surface area is 115 Å². The fourth-order valence-corrected chi connectivity index (χ4v) is 5.12. The summed E-state index contributed by atoms with van der Waals surface area (Å²) in [7, 11) is 0. The predicted molar refractivity (Wildman–Crippen MR) is 79.1 cm³/mol. The van der Waals surface area contributed by atoms with Crippen LogP contribution in [0.3, 0.4) is 0 Å². The highest BCUT2D eigenvalue weighted by atomic mass is 32.2.